The molecule has 2 aromatic carbocycles. The van der Waals surface area contributed by atoms with Crippen molar-refractivity contribution in [3.63, 3.8) is 0 Å². The minimum absolute atomic E-state index is 0.0971. The molecule has 0 saturated carbocycles. The van der Waals surface area contributed by atoms with E-state index in [1.54, 1.807) is 31.3 Å². The molecule has 0 aliphatic carbocycles. The van der Waals surface area contributed by atoms with Crippen LogP contribution in [0.2, 0.25) is 0 Å². The molecule has 0 bridgehead atoms. The second kappa shape index (κ2) is 8.42. The minimum Gasteiger partial charge on any atom is -0.494 e. The van der Waals surface area contributed by atoms with Gasteiger partial charge in [0.05, 0.1) is 21.9 Å². The molecule has 1 atom stereocenters. The summed E-state index contributed by atoms with van der Waals surface area (Å²) in [6.07, 6.45) is 1.78. The van der Waals surface area contributed by atoms with Crippen LogP contribution >= 0.6 is 0 Å². The number of hydrogen-bond donors (Lipinski definition) is 3. The lowest BCUT2D eigenvalue weighted by atomic mass is 9.84. The molecule has 0 amide bonds. The summed E-state index contributed by atoms with van der Waals surface area (Å²) in [5.74, 6) is -0.186. The van der Waals surface area contributed by atoms with Crippen molar-refractivity contribution in [1.82, 2.24) is 14.2 Å². The molecule has 1 aliphatic rings. The lowest BCUT2D eigenvalue weighted by molar-refractivity contribution is 0.119. The molecule has 0 fully saturated rings. The second-order valence-corrected chi connectivity index (χ2v) is 10.6. The number of aromatic amines is 1. The second-order valence-electron chi connectivity index (χ2n) is 8.52. The van der Waals surface area contributed by atoms with E-state index in [0.717, 1.165) is 0 Å². The SMILES string of the molecule is C=CCC1(O)C(c2c(O)[nH]c3ccc(S(=O)(=O)N(C)CCN(C)C)cc23)=Nc2ccccc21. The zero-order chi connectivity index (χ0) is 24.0. The molecule has 0 spiro atoms. The number of benzene rings is 2. The van der Waals surface area contributed by atoms with E-state index >= 15 is 0 Å². The van der Waals surface area contributed by atoms with Gasteiger partial charge < -0.3 is 20.1 Å². The van der Waals surface area contributed by atoms with Gasteiger partial charge in [0.25, 0.3) is 0 Å². The van der Waals surface area contributed by atoms with Gasteiger partial charge in [0.1, 0.15) is 5.60 Å². The molecule has 33 heavy (non-hydrogen) atoms. The highest BCUT2D eigenvalue weighted by molar-refractivity contribution is 7.89. The van der Waals surface area contributed by atoms with Crippen LogP contribution in [0.5, 0.6) is 5.88 Å². The third-order valence-electron chi connectivity index (χ3n) is 5.97. The molecular formula is C24H28N4O4S. The molecule has 0 radical (unpaired) electrons. The summed E-state index contributed by atoms with van der Waals surface area (Å²) in [6, 6.07) is 11.8. The van der Waals surface area contributed by atoms with Crippen molar-refractivity contribution in [3.05, 3.63) is 66.2 Å². The monoisotopic (exact) mass is 468 g/mol. The maximum atomic E-state index is 13.2. The number of rotatable bonds is 8. The van der Waals surface area contributed by atoms with Crippen molar-refractivity contribution >= 4 is 32.3 Å². The fraction of sp³-hybridized carbons (Fsp3) is 0.292. The first-order valence-corrected chi connectivity index (χ1v) is 12.0. The van der Waals surface area contributed by atoms with E-state index in [0.29, 0.717) is 35.2 Å². The smallest absolute Gasteiger partial charge is 0.242 e. The van der Waals surface area contributed by atoms with Crippen LogP contribution in [0.25, 0.3) is 10.9 Å². The Balaban J connectivity index is 1.85. The van der Waals surface area contributed by atoms with E-state index in [1.807, 2.05) is 31.1 Å². The first-order chi connectivity index (χ1) is 15.6. The van der Waals surface area contributed by atoms with Gasteiger partial charge in [-0.15, -0.1) is 6.58 Å². The Bertz CT molecular complexity index is 1360. The van der Waals surface area contributed by atoms with Gasteiger partial charge in [0, 0.05) is 43.0 Å². The Kier molecular flexibility index (Phi) is 5.92. The van der Waals surface area contributed by atoms with E-state index in [2.05, 4.69) is 16.6 Å². The van der Waals surface area contributed by atoms with Crippen LogP contribution in [0, 0.1) is 0 Å². The number of fused-ring (bicyclic) bond motifs is 2. The van der Waals surface area contributed by atoms with E-state index in [9.17, 15) is 18.6 Å². The van der Waals surface area contributed by atoms with Gasteiger partial charge in [-0.25, -0.2) is 13.4 Å². The number of aromatic nitrogens is 1. The highest BCUT2D eigenvalue weighted by Crippen LogP contribution is 2.46. The molecule has 3 aromatic rings. The van der Waals surface area contributed by atoms with Crippen LogP contribution < -0.4 is 0 Å². The molecule has 0 saturated heterocycles. The van der Waals surface area contributed by atoms with Crippen molar-refractivity contribution in [1.29, 1.82) is 0 Å². The quantitative estimate of drug-likeness (QED) is 0.441. The molecule has 3 N–H and O–H groups in total. The predicted molar refractivity (Wildman–Crippen MR) is 130 cm³/mol. The van der Waals surface area contributed by atoms with Crippen molar-refractivity contribution in [2.45, 2.75) is 16.9 Å². The first kappa shape index (κ1) is 23.2. The summed E-state index contributed by atoms with van der Waals surface area (Å²) < 4.78 is 27.7. The van der Waals surface area contributed by atoms with Crippen LogP contribution in [-0.2, 0) is 15.6 Å². The number of nitrogens with zero attached hydrogens (tertiary/aromatic N) is 3. The number of para-hydroxylation sites is 1. The zero-order valence-corrected chi connectivity index (χ0v) is 19.7. The van der Waals surface area contributed by atoms with Crippen molar-refractivity contribution in [3.8, 4) is 5.88 Å². The first-order valence-electron chi connectivity index (χ1n) is 10.6. The van der Waals surface area contributed by atoms with Crippen LogP contribution in [0.15, 0.2) is 65.0 Å². The molecule has 174 valence electrons. The molecule has 9 heteroatoms. The molecule has 1 aromatic heterocycles. The Labute approximate surface area is 193 Å². The standard InChI is InChI=1S/C24H28N4O4S/c1-5-12-24(30)18-8-6-7-9-20(18)25-22(24)21-17-15-16(10-11-19(17)26-23(21)29)33(31,32)28(4)14-13-27(2)3/h5-11,15,26,29-30H,1,12-14H2,2-4H3. The summed E-state index contributed by atoms with van der Waals surface area (Å²) in [5.41, 5.74) is 0.777. The Morgan fingerprint density at radius 1 is 1.15 bits per heavy atom. The number of H-pyrrole nitrogens is 1. The Morgan fingerprint density at radius 3 is 2.58 bits per heavy atom. The molecule has 4 rings (SSSR count). The highest BCUT2D eigenvalue weighted by Gasteiger charge is 2.43. The molecule has 8 nitrogen and oxygen atoms in total. The zero-order valence-electron chi connectivity index (χ0n) is 18.9. The minimum atomic E-state index is -3.76. The normalized spacial score (nSPS) is 18.2. The maximum Gasteiger partial charge on any atom is 0.242 e. The Hall–Kier alpha value is -2.98. The van der Waals surface area contributed by atoms with Gasteiger partial charge in [-0.05, 0) is 38.4 Å². The van der Waals surface area contributed by atoms with Crippen molar-refractivity contribution < 1.29 is 18.6 Å². The van der Waals surface area contributed by atoms with Crippen LogP contribution in [0.4, 0.5) is 5.69 Å². The molecular weight excluding hydrogens is 440 g/mol. The fourth-order valence-corrected chi connectivity index (χ4v) is 5.33. The number of sulfonamides is 1. The predicted octanol–water partition coefficient (Wildman–Crippen LogP) is 2.95. The van der Waals surface area contributed by atoms with Gasteiger partial charge in [0.15, 0.2) is 5.88 Å². The van der Waals surface area contributed by atoms with Gasteiger partial charge in [-0.3, -0.25) is 0 Å². The third-order valence-corrected chi connectivity index (χ3v) is 7.82. The third kappa shape index (κ3) is 3.87. The van der Waals surface area contributed by atoms with Crippen LogP contribution in [-0.4, -0.2) is 72.8 Å². The maximum absolute atomic E-state index is 13.2. The number of aliphatic imine (C=N–C) groups is 1. The topological polar surface area (TPSA) is 109 Å². The number of nitrogens with one attached hydrogen (secondary N) is 1. The summed E-state index contributed by atoms with van der Waals surface area (Å²) in [4.78, 5) is 9.52. The van der Waals surface area contributed by atoms with Gasteiger partial charge in [-0.2, -0.15) is 4.31 Å². The lowest BCUT2D eigenvalue weighted by Gasteiger charge is -2.25. The lowest BCUT2D eigenvalue weighted by Crippen LogP contribution is -2.33. The van der Waals surface area contributed by atoms with Crippen molar-refractivity contribution in [2.24, 2.45) is 4.99 Å². The number of hydrogen-bond acceptors (Lipinski definition) is 6. The van der Waals surface area contributed by atoms with Crippen molar-refractivity contribution in [2.75, 3.05) is 34.2 Å². The van der Waals surface area contributed by atoms with Crippen LogP contribution in [0.1, 0.15) is 17.5 Å². The summed E-state index contributed by atoms with van der Waals surface area (Å²) >= 11 is 0. The van der Waals surface area contributed by atoms with E-state index in [4.69, 9.17) is 0 Å². The van der Waals surface area contributed by atoms with Gasteiger partial charge in [0.2, 0.25) is 10.0 Å². The molecule has 1 unspecified atom stereocenters. The number of aromatic hydroxyl groups is 1. The molecule has 1 aliphatic heterocycles. The van der Waals surface area contributed by atoms with Crippen LogP contribution in [0.3, 0.4) is 0 Å². The average molecular weight is 469 g/mol. The average Bonchev–Trinajstić information content (AvgIpc) is 3.24. The highest BCUT2D eigenvalue weighted by atomic mass is 32.2. The van der Waals surface area contributed by atoms with Gasteiger partial charge in [-0.1, -0.05) is 24.3 Å². The van der Waals surface area contributed by atoms with E-state index in [-0.39, 0.29) is 28.5 Å². The number of likely N-dealkylation sites (N-methyl/N-ethyl adjacent to an activating group) is 2. The summed E-state index contributed by atoms with van der Waals surface area (Å²) in [5, 5.41) is 22.9. The summed E-state index contributed by atoms with van der Waals surface area (Å²) in [7, 11) is 1.55. The molecule has 2 heterocycles. The van der Waals surface area contributed by atoms with E-state index in [1.165, 1.54) is 16.4 Å². The Morgan fingerprint density at radius 2 is 1.88 bits per heavy atom. The largest absolute Gasteiger partial charge is 0.494 e. The number of aliphatic hydroxyl groups is 1. The fourth-order valence-electron chi connectivity index (χ4n) is 4.14. The van der Waals surface area contributed by atoms with E-state index < -0.39 is 15.6 Å². The van der Waals surface area contributed by atoms with Gasteiger partial charge >= 0.3 is 0 Å². The summed E-state index contributed by atoms with van der Waals surface area (Å²) in [6.45, 7) is 4.68.